The lowest BCUT2D eigenvalue weighted by Crippen LogP contribution is -2.61. The van der Waals surface area contributed by atoms with Gasteiger partial charge in [-0.25, -0.2) is 4.79 Å². The number of Topliss-reactive ketones (excluding diaryl/α,β-unsaturated/α-hetero) is 3. The summed E-state index contributed by atoms with van der Waals surface area (Å²) in [5.41, 5.74) is 1.19. The molecular weight excluding hydrogens is 835 g/mol. The average molecular weight is 914 g/mol. The zero-order valence-electron chi connectivity index (χ0n) is 40.6. The quantitative estimate of drug-likeness (QED) is 0.202. The van der Waals surface area contributed by atoms with Gasteiger partial charge in [-0.1, -0.05) is 71.1 Å². The molecule has 0 aromatic heterocycles. The first kappa shape index (κ1) is 54.2. The lowest BCUT2D eigenvalue weighted by Gasteiger charge is -2.42. The van der Waals surface area contributed by atoms with Crippen LogP contribution in [0.2, 0.25) is 0 Å². The summed E-state index contributed by atoms with van der Waals surface area (Å²) in [7, 11) is 4.53. The number of aliphatic hydroxyl groups is 3. The first-order chi connectivity index (χ1) is 30.7. The Kier molecular flexibility index (Phi) is 21.0. The molecular formula is C51H79NO13. The molecule has 3 unspecified atom stereocenters. The van der Waals surface area contributed by atoms with Crippen LogP contribution >= 0.6 is 0 Å². The SMILES string of the molecule is CO[C@H]1CC2CC[C@@H](C)[C@@](O)(O2)C(=O)C(=O)N2CCCC[C@H]2C(=O)O[C@H]([C@H](C)C[C@@H]2CC[C@@H](O)[C@H](OC)C2)CC(=O)/C(C)=C/C(C)C(O)[C@@H](OC)C(=O)[C@H](C)C[C@H](C)C=CC=CC=C1C. The van der Waals surface area contributed by atoms with E-state index in [1.807, 2.05) is 58.1 Å². The van der Waals surface area contributed by atoms with Crippen LogP contribution < -0.4 is 0 Å². The number of esters is 1. The fourth-order valence-corrected chi connectivity index (χ4v) is 10.1. The summed E-state index contributed by atoms with van der Waals surface area (Å²) in [6, 6.07) is -1.14. The van der Waals surface area contributed by atoms with Crippen molar-refractivity contribution in [1.29, 1.82) is 0 Å². The van der Waals surface area contributed by atoms with Gasteiger partial charge in [-0.05, 0) is 107 Å². The van der Waals surface area contributed by atoms with Crippen LogP contribution in [0.1, 0.15) is 126 Å². The number of hydrogen-bond acceptors (Lipinski definition) is 13. The van der Waals surface area contributed by atoms with Crippen LogP contribution in [0.3, 0.4) is 0 Å². The second kappa shape index (κ2) is 25.1. The standard InChI is InChI=1S/C51H79NO13/c1-30-16-12-11-13-17-31(2)42(61-8)28-38-21-19-36(7)51(60,65-38)48(57)49(58)52-23-15-14-18-39(52)50(59)64-43(33(4)26-37-20-22-40(53)44(27-37)62-9)29-41(54)32(3)25-35(6)46(56)47(63-10)45(55)34(5)24-30/h11-13,16-17,25,30,33-40,42-44,46-47,53,56,60H,14-15,18-24,26-29H2,1-10H3/b13-11?,16-12?,31-17?,32-25+/t30-,33-,34-,35?,36-,37+,38?,39+,40-,42+,43+,44-,46?,47+,51-/m1/s1. The van der Waals surface area contributed by atoms with Gasteiger partial charge >= 0.3 is 5.97 Å². The number of aliphatic hydroxyl groups excluding tert-OH is 2. The minimum atomic E-state index is -2.43. The Balaban J connectivity index is 1.70. The largest absolute Gasteiger partial charge is 0.460 e. The Labute approximate surface area is 387 Å². The molecule has 14 heteroatoms. The topological polar surface area (TPSA) is 195 Å². The molecule has 4 rings (SSSR count). The summed E-state index contributed by atoms with van der Waals surface area (Å²) >= 11 is 0. The number of allylic oxidation sites excluding steroid dienone is 6. The normalized spacial score (nSPS) is 38.6. The molecule has 2 bridgehead atoms. The number of piperidine rings is 1. The second-order valence-corrected chi connectivity index (χ2v) is 19.6. The van der Waals surface area contributed by atoms with Gasteiger partial charge in [0.15, 0.2) is 11.6 Å². The Morgan fingerprint density at radius 2 is 1.58 bits per heavy atom. The van der Waals surface area contributed by atoms with Gasteiger partial charge < -0.3 is 43.9 Å². The molecule has 0 spiro atoms. The fourth-order valence-electron chi connectivity index (χ4n) is 10.1. The van der Waals surface area contributed by atoms with Crippen molar-refractivity contribution in [2.75, 3.05) is 27.9 Å². The van der Waals surface area contributed by atoms with E-state index in [9.17, 15) is 39.3 Å². The number of carbonyl (C=O) groups excluding carboxylic acids is 5. The van der Waals surface area contributed by atoms with Gasteiger partial charge in [0, 0.05) is 58.5 Å². The molecule has 3 aliphatic heterocycles. The van der Waals surface area contributed by atoms with Gasteiger partial charge in [0.1, 0.15) is 18.2 Å². The molecule has 65 heavy (non-hydrogen) atoms. The van der Waals surface area contributed by atoms with Crippen molar-refractivity contribution in [2.24, 2.45) is 35.5 Å². The van der Waals surface area contributed by atoms with E-state index >= 15 is 0 Å². The zero-order chi connectivity index (χ0) is 48.2. The number of nitrogens with zero attached hydrogens (tertiary/aromatic N) is 1. The monoisotopic (exact) mass is 914 g/mol. The molecule has 4 aliphatic rings. The zero-order valence-corrected chi connectivity index (χ0v) is 40.6. The van der Waals surface area contributed by atoms with Crippen molar-refractivity contribution < 1.29 is 63.0 Å². The summed E-state index contributed by atoms with van der Waals surface area (Å²) in [6.07, 6.45) is 11.2. The van der Waals surface area contributed by atoms with E-state index in [1.165, 1.54) is 12.0 Å². The van der Waals surface area contributed by atoms with Crippen LogP contribution in [-0.2, 0) is 47.7 Å². The molecule has 1 amide bonds. The molecule has 3 N–H and O–H groups in total. The molecule has 0 aromatic carbocycles. The van der Waals surface area contributed by atoms with Crippen molar-refractivity contribution in [2.45, 2.75) is 180 Å². The van der Waals surface area contributed by atoms with Gasteiger partial charge in [-0.15, -0.1) is 0 Å². The summed E-state index contributed by atoms with van der Waals surface area (Å²) in [5, 5.41) is 33.9. The molecule has 14 nitrogen and oxygen atoms in total. The molecule has 1 aliphatic carbocycles. The number of fused-ring (bicyclic) bond motifs is 3. The number of hydrogen-bond donors (Lipinski definition) is 3. The fraction of sp³-hybridized carbons (Fsp3) is 0.745. The minimum Gasteiger partial charge on any atom is -0.460 e. The van der Waals surface area contributed by atoms with Crippen LogP contribution in [0, 0.1) is 35.5 Å². The molecule has 1 saturated carbocycles. The number of carbonyl (C=O) groups is 5. The Bertz CT molecular complexity index is 1760. The highest BCUT2D eigenvalue weighted by molar-refractivity contribution is 6.39. The number of ether oxygens (including phenoxy) is 5. The first-order valence-corrected chi connectivity index (χ1v) is 23.9. The van der Waals surface area contributed by atoms with Crippen molar-refractivity contribution in [3.05, 3.63) is 47.6 Å². The van der Waals surface area contributed by atoms with Crippen LogP contribution in [0.15, 0.2) is 47.6 Å². The van der Waals surface area contributed by atoms with Crippen LogP contribution in [-0.4, -0.2) is 132 Å². The van der Waals surface area contributed by atoms with Crippen molar-refractivity contribution >= 4 is 29.2 Å². The van der Waals surface area contributed by atoms with Gasteiger partial charge in [0.2, 0.25) is 5.79 Å². The molecule has 2 saturated heterocycles. The summed E-state index contributed by atoms with van der Waals surface area (Å²) in [4.78, 5) is 71.7. The number of rotatable bonds is 6. The van der Waals surface area contributed by atoms with Gasteiger partial charge in [-0.2, -0.15) is 0 Å². The van der Waals surface area contributed by atoms with Crippen LogP contribution in [0.25, 0.3) is 0 Å². The lowest BCUT2D eigenvalue weighted by molar-refractivity contribution is -0.265. The number of methoxy groups -OCH3 is 3. The maximum Gasteiger partial charge on any atom is 0.329 e. The number of ketones is 3. The summed E-state index contributed by atoms with van der Waals surface area (Å²) in [5.74, 6) is -7.93. The van der Waals surface area contributed by atoms with E-state index in [0.29, 0.717) is 63.4 Å². The predicted octanol–water partition coefficient (Wildman–Crippen LogP) is 6.18. The Morgan fingerprint density at radius 1 is 0.862 bits per heavy atom. The van der Waals surface area contributed by atoms with E-state index in [1.54, 1.807) is 41.1 Å². The third-order valence-electron chi connectivity index (χ3n) is 14.5. The number of amides is 1. The third-order valence-corrected chi connectivity index (χ3v) is 14.5. The average Bonchev–Trinajstić information content (AvgIpc) is 3.28. The van der Waals surface area contributed by atoms with Crippen LogP contribution in [0.5, 0.6) is 0 Å². The van der Waals surface area contributed by atoms with Crippen molar-refractivity contribution in [1.82, 2.24) is 4.90 Å². The van der Waals surface area contributed by atoms with Gasteiger partial charge in [-0.3, -0.25) is 19.2 Å². The highest BCUT2D eigenvalue weighted by atomic mass is 16.6. The molecule has 0 radical (unpaired) electrons. The highest BCUT2D eigenvalue weighted by Gasteiger charge is 2.53. The molecule has 0 aromatic rings. The predicted molar refractivity (Wildman–Crippen MR) is 245 cm³/mol. The molecule has 15 atom stereocenters. The lowest BCUT2D eigenvalue weighted by atomic mass is 9.78. The molecule has 3 heterocycles. The van der Waals surface area contributed by atoms with Crippen molar-refractivity contribution in [3.8, 4) is 0 Å². The van der Waals surface area contributed by atoms with E-state index in [-0.39, 0.29) is 54.8 Å². The third kappa shape index (κ3) is 14.3. The van der Waals surface area contributed by atoms with E-state index in [4.69, 9.17) is 23.7 Å². The van der Waals surface area contributed by atoms with Crippen molar-refractivity contribution in [3.63, 3.8) is 0 Å². The number of cyclic esters (lactones) is 1. The van der Waals surface area contributed by atoms with Gasteiger partial charge in [0.25, 0.3) is 11.7 Å². The molecule has 366 valence electrons. The Morgan fingerprint density at radius 3 is 2.26 bits per heavy atom. The van der Waals surface area contributed by atoms with E-state index in [0.717, 1.165) is 12.0 Å². The maximum absolute atomic E-state index is 14.4. The first-order valence-electron chi connectivity index (χ1n) is 23.9. The van der Waals surface area contributed by atoms with E-state index < -0.39 is 83.9 Å². The highest BCUT2D eigenvalue weighted by Crippen LogP contribution is 2.38. The summed E-state index contributed by atoms with van der Waals surface area (Å²) in [6.45, 7) is 12.7. The van der Waals surface area contributed by atoms with Gasteiger partial charge in [0.05, 0.1) is 30.5 Å². The smallest absolute Gasteiger partial charge is 0.329 e. The van der Waals surface area contributed by atoms with Crippen LogP contribution in [0.4, 0.5) is 0 Å². The second-order valence-electron chi connectivity index (χ2n) is 19.6. The Hall–Kier alpha value is -3.37. The summed E-state index contributed by atoms with van der Waals surface area (Å²) < 4.78 is 29.4. The van der Waals surface area contributed by atoms with E-state index in [2.05, 4.69) is 0 Å². The maximum atomic E-state index is 14.4. The minimum absolute atomic E-state index is 0.0220. The molecule has 3 fully saturated rings.